The van der Waals surface area contributed by atoms with Crippen LogP contribution in [0.4, 0.5) is 0 Å². The Kier molecular flexibility index (Phi) is 3.57. The molecule has 0 aliphatic carbocycles. The van der Waals surface area contributed by atoms with Gasteiger partial charge in [0.2, 0.25) is 0 Å². The van der Waals surface area contributed by atoms with E-state index in [9.17, 15) is 0 Å². The van der Waals surface area contributed by atoms with E-state index in [-0.39, 0.29) is 0 Å². The minimum absolute atomic E-state index is 0.587. The fraction of sp³-hybridized carbons (Fsp3) is 0.188. The molecule has 0 saturated carbocycles. The average Bonchev–Trinajstić information content (AvgIpc) is 2.38. The van der Waals surface area contributed by atoms with Gasteiger partial charge >= 0.3 is 0 Å². The van der Waals surface area contributed by atoms with Crippen LogP contribution in [-0.4, -0.2) is 0 Å². The maximum absolute atomic E-state index is 8.54. The second-order valence-electron chi connectivity index (χ2n) is 4.22. The van der Waals surface area contributed by atoms with E-state index in [0.717, 1.165) is 6.42 Å². The zero-order chi connectivity index (χ0) is 12.1. The summed E-state index contributed by atoms with van der Waals surface area (Å²) in [6, 6.07) is 19.1. The summed E-state index contributed by atoms with van der Waals surface area (Å²) in [6.07, 6.45) is 1.43. The summed E-state index contributed by atoms with van der Waals surface area (Å²) in [6.45, 7) is 2.09. The van der Waals surface area contributed by atoms with Gasteiger partial charge in [0.1, 0.15) is 0 Å². The van der Waals surface area contributed by atoms with Crippen molar-refractivity contribution in [3.63, 3.8) is 0 Å². The monoisotopic (exact) mass is 221 g/mol. The highest BCUT2D eigenvalue weighted by molar-refractivity contribution is 5.63. The Bertz CT molecular complexity index is 515. The van der Waals surface area contributed by atoms with Crippen molar-refractivity contribution < 1.29 is 0 Å². The predicted octanol–water partition coefficient (Wildman–Crippen LogP) is 4.12. The number of benzene rings is 2. The van der Waals surface area contributed by atoms with Crippen LogP contribution >= 0.6 is 0 Å². The lowest BCUT2D eigenvalue weighted by Gasteiger charge is -2.04. The van der Waals surface area contributed by atoms with Crippen molar-refractivity contribution in [2.45, 2.75) is 19.8 Å². The van der Waals surface area contributed by atoms with Crippen molar-refractivity contribution in [1.29, 1.82) is 5.26 Å². The van der Waals surface area contributed by atoms with E-state index in [0.29, 0.717) is 6.42 Å². The first-order valence-electron chi connectivity index (χ1n) is 5.82. The molecule has 0 saturated heterocycles. The van der Waals surface area contributed by atoms with Crippen LogP contribution in [0.2, 0.25) is 0 Å². The number of rotatable bonds is 3. The smallest absolute Gasteiger partial charge is 0.0625 e. The van der Waals surface area contributed by atoms with Gasteiger partial charge in [0.25, 0.3) is 0 Å². The molecule has 0 bridgehead atoms. The number of nitrogens with zero attached hydrogens (tertiary/aromatic N) is 1. The Hall–Kier alpha value is -2.07. The zero-order valence-electron chi connectivity index (χ0n) is 9.98. The van der Waals surface area contributed by atoms with Crippen molar-refractivity contribution in [3.05, 3.63) is 59.7 Å². The van der Waals surface area contributed by atoms with E-state index in [1.807, 2.05) is 0 Å². The molecule has 0 unspecified atom stereocenters. The van der Waals surface area contributed by atoms with Crippen LogP contribution in [-0.2, 0) is 6.42 Å². The molecule has 0 amide bonds. The van der Waals surface area contributed by atoms with Crippen LogP contribution < -0.4 is 0 Å². The fourth-order valence-corrected chi connectivity index (χ4v) is 1.81. The number of hydrogen-bond acceptors (Lipinski definition) is 1. The van der Waals surface area contributed by atoms with Gasteiger partial charge in [-0.3, -0.25) is 0 Å². The Morgan fingerprint density at radius 2 is 1.41 bits per heavy atom. The Labute approximate surface area is 102 Å². The van der Waals surface area contributed by atoms with Crippen LogP contribution in [0.5, 0.6) is 0 Å². The molecule has 0 N–H and O–H groups in total. The quantitative estimate of drug-likeness (QED) is 0.764. The summed E-state index contributed by atoms with van der Waals surface area (Å²) >= 11 is 0. The lowest BCUT2D eigenvalue weighted by molar-refractivity contribution is 1.01. The summed E-state index contributed by atoms with van der Waals surface area (Å²) in [5, 5.41) is 8.54. The van der Waals surface area contributed by atoms with Gasteiger partial charge < -0.3 is 0 Å². The van der Waals surface area contributed by atoms with Gasteiger partial charge in [-0.05, 0) is 30.0 Å². The van der Waals surface area contributed by atoms with Crippen molar-refractivity contribution in [1.82, 2.24) is 0 Å². The standard InChI is InChI=1S/C16H15N/c1-13-4-8-15(9-5-13)16-10-6-14(7-11-16)3-2-12-17/h4-11H,2-3H2,1H3. The first-order valence-corrected chi connectivity index (χ1v) is 5.82. The molecule has 84 valence electrons. The molecular formula is C16H15N. The minimum atomic E-state index is 0.587. The molecule has 0 radical (unpaired) electrons. The summed E-state index contributed by atoms with van der Waals surface area (Å²) in [4.78, 5) is 0. The van der Waals surface area contributed by atoms with E-state index in [1.165, 1.54) is 22.3 Å². The Morgan fingerprint density at radius 1 is 0.882 bits per heavy atom. The van der Waals surface area contributed by atoms with Crippen LogP contribution in [0.15, 0.2) is 48.5 Å². The molecule has 2 aromatic carbocycles. The molecule has 0 spiro atoms. The first-order chi connectivity index (χ1) is 8.29. The van der Waals surface area contributed by atoms with Crippen molar-refractivity contribution >= 4 is 0 Å². The molecule has 17 heavy (non-hydrogen) atoms. The second-order valence-corrected chi connectivity index (χ2v) is 4.22. The third-order valence-electron chi connectivity index (χ3n) is 2.86. The van der Waals surface area contributed by atoms with Gasteiger partial charge in [0.15, 0.2) is 0 Å². The molecule has 0 fully saturated rings. The van der Waals surface area contributed by atoms with Crippen LogP contribution in [0, 0.1) is 18.3 Å². The average molecular weight is 221 g/mol. The number of hydrogen-bond donors (Lipinski definition) is 0. The molecule has 2 aromatic rings. The summed E-state index contributed by atoms with van der Waals surface area (Å²) in [5.74, 6) is 0. The Balaban J connectivity index is 2.18. The van der Waals surface area contributed by atoms with E-state index in [4.69, 9.17) is 5.26 Å². The van der Waals surface area contributed by atoms with E-state index in [1.54, 1.807) is 0 Å². The van der Waals surface area contributed by atoms with Gasteiger partial charge in [-0.25, -0.2) is 0 Å². The van der Waals surface area contributed by atoms with Crippen molar-refractivity contribution in [2.24, 2.45) is 0 Å². The van der Waals surface area contributed by atoms with Gasteiger partial charge in [-0.15, -0.1) is 0 Å². The number of aryl methyl sites for hydroxylation is 2. The van der Waals surface area contributed by atoms with Crippen molar-refractivity contribution in [2.75, 3.05) is 0 Å². The molecule has 0 aliphatic rings. The lowest BCUT2D eigenvalue weighted by atomic mass is 10.0. The van der Waals surface area contributed by atoms with Gasteiger partial charge in [-0.2, -0.15) is 5.26 Å². The molecule has 1 heteroatoms. The van der Waals surface area contributed by atoms with Crippen LogP contribution in [0.25, 0.3) is 11.1 Å². The summed E-state index contributed by atoms with van der Waals surface area (Å²) in [7, 11) is 0. The highest BCUT2D eigenvalue weighted by Gasteiger charge is 1.98. The third kappa shape index (κ3) is 2.95. The van der Waals surface area contributed by atoms with Crippen LogP contribution in [0.3, 0.4) is 0 Å². The maximum atomic E-state index is 8.54. The SMILES string of the molecule is Cc1ccc(-c2ccc(CCC#N)cc2)cc1. The normalized spacial score (nSPS) is 9.88. The third-order valence-corrected chi connectivity index (χ3v) is 2.86. The fourth-order valence-electron chi connectivity index (χ4n) is 1.81. The Morgan fingerprint density at radius 3 is 1.94 bits per heavy atom. The topological polar surface area (TPSA) is 23.8 Å². The van der Waals surface area contributed by atoms with Crippen molar-refractivity contribution in [3.8, 4) is 17.2 Å². The van der Waals surface area contributed by atoms with Gasteiger partial charge in [0, 0.05) is 6.42 Å². The molecule has 2 rings (SSSR count). The van der Waals surface area contributed by atoms with E-state index in [2.05, 4.69) is 61.5 Å². The molecule has 0 aromatic heterocycles. The first kappa shape index (κ1) is 11.4. The van der Waals surface area contributed by atoms with Gasteiger partial charge in [-0.1, -0.05) is 54.1 Å². The number of nitriles is 1. The largest absolute Gasteiger partial charge is 0.198 e. The van der Waals surface area contributed by atoms with Crippen LogP contribution in [0.1, 0.15) is 17.5 Å². The lowest BCUT2D eigenvalue weighted by Crippen LogP contribution is -1.84. The highest BCUT2D eigenvalue weighted by Crippen LogP contribution is 2.20. The van der Waals surface area contributed by atoms with E-state index < -0.39 is 0 Å². The second kappa shape index (κ2) is 5.32. The molecule has 0 atom stereocenters. The molecule has 0 aliphatic heterocycles. The summed E-state index contributed by atoms with van der Waals surface area (Å²) < 4.78 is 0. The molecule has 1 nitrogen and oxygen atoms in total. The molecular weight excluding hydrogens is 206 g/mol. The minimum Gasteiger partial charge on any atom is -0.198 e. The van der Waals surface area contributed by atoms with Gasteiger partial charge in [0.05, 0.1) is 6.07 Å². The summed E-state index contributed by atoms with van der Waals surface area (Å²) in [5.41, 5.74) is 4.97. The maximum Gasteiger partial charge on any atom is 0.0625 e. The van der Waals surface area contributed by atoms with E-state index >= 15 is 0 Å². The molecule has 0 heterocycles. The zero-order valence-corrected chi connectivity index (χ0v) is 9.98. The highest BCUT2D eigenvalue weighted by atomic mass is 14.2. The predicted molar refractivity (Wildman–Crippen MR) is 70.5 cm³/mol.